The Bertz CT molecular complexity index is 905. The van der Waals surface area contributed by atoms with Gasteiger partial charge in [0.05, 0.1) is 12.3 Å². The molecule has 0 unspecified atom stereocenters. The second kappa shape index (κ2) is 7.30. The van der Waals surface area contributed by atoms with Gasteiger partial charge in [-0.25, -0.2) is 14.8 Å². The lowest BCUT2D eigenvalue weighted by atomic mass is 10.1. The monoisotopic (exact) mass is 335 g/mol. The minimum atomic E-state index is -0.383. The second-order valence-electron chi connectivity index (χ2n) is 6.00. The van der Waals surface area contributed by atoms with Crippen molar-refractivity contribution >= 4 is 28.4 Å². The lowest BCUT2D eigenvalue weighted by Gasteiger charge is -2.14. The van der Waals surface area contributed by atoms with E-state index in [4.69, 9.17) is 4.74 Å². The van der Waals surface area contributed by atoms with Crippen molar-refractivity contribution in [3.63, 3.8) is 0 Å². The van der Waals surface area contributed by atoms with Gasteiger partial charge in [-0.15, -0.1) is 0 Å². The fraction of sp³-hybridized carbons (Fsp3) is 0.250. The van der Waals surface area contributed by atoms with Crippen LogP contribution in [0.15, 0.2) is 42.6 Å². The average Bonchev–Trinajstić information content (AvgIpc) is 2.61. The van der Waals surface area contributed by atoms with E-state index in [1.807, 2.05) is 57.2 Å². The van der Waals surface area contributed by atoms with Gasteiger partial charge in [0.2, 0.25) is 0 Å². The molecule has 5 nitrogen and oxygen atoms in total. The number of ether oxygens (including phenoxy) is 1. The zero-order valence-electron chi connectivity index (χ0n) is 14.7. The molecule has 5 heteroatoms. The molecule has 0 saturated carbocycles. The predicted octanol–water partition coefficient (Wildman–Crippen LogP) is 4.56. The van der Waals surface area contributed by atoms with Gasteiger partial charge in [0.15, 0.2) is 5.65 Å². The molecule has 2 aromatic heterocycles. The molecular formula is C20H21N3O2. The van der Waals surface area contributed by atoms with Crippen LogP contribution in [0.3, 0.4) is 0 Å². The molecule has 2 heterocycles. The van der Waals surface area contributed by atoms with E-state index in [2.05, 4.69) is 15.3 Å². The molecule has 1 aromatic carbocycles. The van der Waals surface area contributed by atoms with Gasteiger partial charge in [0.25, 0.3) is 0 Å². The Morgan fingerprint density at radius 2 is 1.88 bits per heavy atom. The molecular weight excluding hydrogens is 314 g/mol. The third-order valence-corrected chi connectivity index (χ3v) is 3.85. The van der Waals surface area contributed by atoms with Crippen LogP contribution in [0, 0.1) is 13.8 Å². The minimum absolute atomic E-state index is 0.382. The number of nitrogens with zero attached hydrogens (tertiary/aromatic N) is 2. The van der Waals surface area contributed by atoms with E-state index in [1.165, 1.54) is 11.8 Å². The normalized spacial score (nSPS) is 10.7. The molecule has 0 aliphatic carbocycles. The molecule has 25 heavy (non-hydrogen) atoms. The molecule has 0 aliphatic heterocycles. The Morgan fingerprint density at radius 1 is 1.12 bits per heavy atom. The van der Waals surface area contributed by atoms with Gasteiger partial charge in [-0.05, 0) is 44.5 Å². The van der Waals surface area contributed by atoms with Gasteiger partial charge in [0, 0.05) is 23.0 Å². The Hall–Kier alpha value is -2.95. The summed E-state index contributed by atoms with van der Waals surface area (Å²) in [5.41, 5.74) is 4.62. The number of anilines is 2. The van der Waals surface area contributed by atoms with Crippen LogP contribution in [0.2, 0.25) is 0 Å². The lowest BCUT2D eigenvalue weighted by Crippen LogP contribution is -2.10. The highest BCUT2D eigenvalue weighted by Crippen LogP contribution is 2.29. The van der Waals surface area contributed by atoms with E-state index in [9.17, 15) is 4.79 Å². The first-order chi connectivity index (χ1) is 12.1. The number of pyridine rings is 2. The van der Waals surface area contributed by atoms with E-state index in [-0.39, 0.29) is 5.97 Å². The van der Waals surface area contributed by atoms with Gasteiger partial charge in [-0.3, -0.25) is 0 Å². The number of carbonyl (C=O) groups excluding carboxylic acids is 1. The third kappa shape index (κ3) is 3.76. The van der Waals surface area contributed by atoms with Crippen molar-refractivity contribution in [2.45, 2.75) is 27.2 Å². The number of benzene rings is 1. The smallest absolute Gasteiger partial charge is 0.341 e. The number of hydrogen-bond donors (Lipinski definition) is 1. The highest BCUT2D eigenvalue weighted by molar-refractivity contribution is 6.05. The molecule has 0 radical (unpaired) electrons. The van der Waals surface area contributed by atoms with Crippen molar-refractivity contribution in [2.75, 3.05) is 11.9 Å². The molecule has 0 fully saturated rings. The van der Waals surface area contributed by atoms with Gasteiger partial charge in [-0.1, -0.05) is 24.6 Å². The molecule has 0 aliphatic rings. The summed E-state index contributed by atoms with van der Waals surface area (Å²) in [6.07, 6.45) is 2.30. The molecule has 0 saturated heterocycles. The summed E-state index contributed by atoms with van der Waals surface area (Å²) < 4.78 is 5.31. The minimum Gasteiger partial charge on any atom is -0.462 e. The van der Waals surface area contributed by atoms with Crippen molar-refractivity contribution in [3.8, 4) is 0 Å². The fourth-order valence-electron chi connectivity index (χ4n) is 2.52. The van der Waals surface area contributed by atoms with Gasteiger partial charge < -0.3 is 10.1 Å². The predicted molar refractivity (Wildman–Crippen MR) is 99.3 cm³/mol. The number of aryl methyl sites for hydroxylation is 2. The highest BCUT2D eigenvalue weighted by atomic mass is 16.5. The zero-order valence-corrected chi connectivity index (χ0v) is 14.7. The quantitative estimate of drug-likeness (QED) is 0.693. The summed E-state index contributed by atoms with van der Waals surface area (Å²) >= 11 is 0. The van der Waals surface area contributed by atoms with Crippen molar-refractivity contribution in [3.05, 3.63) is 59.4 Å². The van der Waals surface area contributed by atoms with Crippen LogP contribution >= 0.6 is 0 Å². The molecule has 0 atom stereocenters. The first kappa shape index (κ1) is 16.9. The molecule has 3 aromatic rings. The summed E-state index contributed by atoms with van der Waals surface area (Å²) in [7, 11) is 0. The first-order valence-electron chi connectivity index (χ1n) is 8.35. The molecule has 0 amide bonds. The number of nitrogens with one attached hydrogen (secondary N) is 1. The topological polar surface area (TPSA) is 64.1 Å². The first-order valence-corrected chi connectivity index (χ1v) is 8.35. The van der Waals surface area contributed by atoms with Crippen LogP contribution in [0.1, 0.15) is 35.0 Å². The van der Waals surface area contributed by atoms with Crippen LogP contribution in [-0.2, 0) is 4.74 Å². The number of fused-ring (bicyclic) bond motifs is 1. The number of hydrogen-bond acceptors (Lipinski definition) is 5. The third-order valence-electron chi connectivity index (χ3n) is 3.85. The van der Waals surface area contributed by atoms with E-state index in [1.54, 1.807) is 0 Å². The van der Waals surface area contributed by atoms with Crippen LogP contribution in [0.5, 0.6) is 0 Å². The van der Waals surface area contributed by atoms with Crippen LogP contribution in [0.25, 0.3) is 11.0 Å². The van der Waals surface area contributed by atoms with Crippen LogP contribution in [-0.4, -0.2) is 22.5 Å². The van der Waals surface area contributed by atoms with Crippen molar-refractivity contribution in [2.24, 2.45) is 0 Å². The number of carbonyl (C=O) groups is 1. The standard InChI is InChI=1S/C20H21N3O2/c1-4-11-25-20(24)17-12-21-19-16(10-7-14(3)22-19)18(17)23-15-8-5-13(2)6-9-15/h5-10,12H,4,11H2,1-3H3,(H,21,22,23). The number of esters is 1. The Morgan fingerprint density at radius 3 is 2.60 bits per heavy atom. The van der Waals surface area contributed by atoms with Gasteiger partial charge in [0.1, 0.15) is 5.56 Å². The number of aromatic nitrogens is 2. The SMILES string of the molecule is CCCOC(=O)c1cnc2nc(C)ccc2c1Nc1ccc(C)cc1. The molecule has 0 spiro atoms. The average molecular weight is 335 g/mol. The lowest BCUT2D eigenvalue weighted by molar-refractivity contribution is 0.0506. The zero-order chi connectivity index (χ0) is 17.8. The van der Waals surface area contributed by atoms with Crippen LogP contribution in [0.4, 0.5) is 11.4 Å². The van der Waals surface area contributed by atoms with Crippen LogP contribution < -0.4 is 5.32 Å². The summed E-state index contributed by atoms with van der Waals surface area (Å²) in [6, 6.07) is 11.8. The summed E-state index contributed by atoms with van der Waals surface area (Å²) in [5, 5.41) is 4.13. The van der Waals surface area contributed by atoms with E-state index in [0.717, 1.165) is 23.2 Å². The molecule has 0 bridgehead atoms. The Labute approximate surface area is 147 Å². The summed E-state index contributed by atoms with van der Waals surface area (Å²) in [5.74, 6) is -0.383. The molecule has 1 N–H and O–H groups in total. The maximum Gasteiger partial charge on any atom is 0.341 e. The Balaban J connectivity index is 2.09. The van der Waals surface area contributed by atoms with E-state index in [0.29, 0.717) is 23.5 Å². The maximum atomic E-state index is 12.5. The van der Waals surface area contributed by atoms with E-state index < -0.39 is 0 Å². The fourth-order valence-corrected chi connectivity index (χ4v) is 2.52. The molecule has 3 rings (SSSR count). The largest absolute Gasteiger partial charge is 0.462 e. The highest BCUT2D eigenvalue weighted by Gasteiger charge is 2.17. The van der Waals surface area contributed by atoms with Gasteiger partial charge >= 0.3 is 5.97 Å². The maximum absolute atomic E-state index is 12.5. The number of rotatable bonds is 5. The summed E-state index contributed by atoms with van der Waals surface area (Å²) in [4.78, 5) is 21.2. The Kier molecular flexibility index (Phi) is 4.93. The molecule has 128 valence electrons. The van der Waals surface area contributed by atoms with Crippen molar-refractivity contribution in [1.82, 2.24) is 9.97 Å². The second-order valence-corrected chi connectivity index (χ2v) is 6.00. The van der Waals surface area contributed by atoms with E-state index >= 15 is 0 Å². The summed E-state index contributed by atoms with van der Waals surface area (Å²) in [6.45, 7) is 6.29. The van der Waals surface area contributed by atoms with Crippen molar-refractivity contribution in [1.29, 1.82) is 0 Å². The van der Waals surface area contributed by atoms with Gasteiger partial charge in [-0.2, -0.15) is 0 Å². The van der Waals surface area contributed by atoms with Crippen molar-refractivity contribution < 1.29 is 9.53 Å².